The molecule has 0 aliphatic carbocycles. The van der Waals surface area contributed by atoms with Crippen LogP contribution >= 0.6 is 0 Å². The van der Waals surface area contributed by atoms with Crippen LogP contribution in [0, 0.1) is 11.8 Å². The van der Waals surface area contributed by atoms with E-state index in [4.69, 9.17) is 29.1 Å². The molecule has 0 saturated carbocycles. The zero-order valence-corrected chi connectivity index (χ0v) is 31.8. The van der Waals surface area contributed by atoms with E-state index in [1.54, 1.807) is 9.80 Å². The number of likely N-dealkylation sites (tertiary alicyclic amines) is 2. The maximum absolute atomic E-state index is 13.7. The Morgan fingerprint density at radius 2 is 1.30 bits per heavy atom. The van der Waals surface area contributed by atoms with Crippen molar-refractivity contribution in [3.05, 3.63) is 48.0 Å². The van der Waals surface area contributed by atoms with E-state index in [2.05, 4.69) is 20.6 Å². The van der Waals surface area contributed by atoms with Crippen molar-refractivity contribution in [2.45, 2.75) is 77.5 Å². The molecule has 2 aliphatic rings. The first-order valence-electron chi connectivity index (χ1n) is 19.0. The Kier molecular flexibility index (Phi) is 9.46. The van der Waals surface area contributed by atoms with Crippen LogP contribution in [0.1, 0.15) is 77.1 Å². The lowest BCUT2D eigenvalue weighted by Crippen LogP contribution is -2.51. The van der Waals surface area contributed by atoms with E-state index in [1.807, 2.05) is 64.1 Å². The third kappa shape index (κ3) is 6.49. The van der Waals surface area contributed by atoms with Gasteiger partial charge in [-0.2, -0.15) is 0 Å². The first-order valence-corrected chi connectivity index (χ1v) is 19.0. The Morgan fingerprint density at radius 1 is 0.750 bits per heavy atom. The number of benzene rings is 2. The molecule has 2 aliphatic heterocycles. The van der Waals surface area contributed by atoms with Gasteiger partial charge in [0.25, 0.3) is 0 Å². The van der Waals surface area contributed by atoms with Gasteiger partial charge in [-0.1, -0.05) is 27.7 Å². The van der Waals surface area contributed by atoms with Gasteiger partial charge >= 0.3 is 12.2 Å². The zero-order chi connectivity index (χ0) is 39.4. The minimum atomic E-state index is -1.23. The average Bonchev–Trinajstić information content (AvgIpc) is 4.02. The second-order valence-corrected chi connectivity index (χ2v) is 15.2. The summed E-state index contributed by atoms with van der Waals surface area (Å²) >= 11 is 0. The van der Waals surface area contributed by atoms with Crippen LogP contribution in [0.15, 0.2) is 40.8 Å². The summed E-state index contributed by atoms with van der Waals surface area (Å²) in [5.41, 5.74) is 5.21. The van der Waals surface area contributed by atoms with Crippen molar-refractivity contribution in [2.24, 2.45) is 11.8 Å². The fourth-order valence-corrected chi connectivity index (χ4v) is 8.06. The van der Waals surface area contributed by atoms with Gasteiger partial charge in [-0.3, -0.25) is 9.59 Å². The summed E-state index contributed by atoms with van der Waals surface area (Å²) in [4.78, 5) is 80.4. The third-order valence-electron chi connectivity index (χ3n) is 10.9. The normalized spacial score (nSPS) is 18.5. The molecule has 17 nitrogen and oxygen atoms in total. The number of imidazole rings is 2. The Bertz CT molecular complexity index is 2500. The first kappa shape index (κ1) is 36.7. The summed E-state index contributed by atoms with van der Waals surface area (Å²) < 4.78 is 11.1. The Hall–Kier alpha value is -6.26. The molecule has 56 heavy (non-hydrogen) atoms. The molecule has 6 aromatic rings. The van der Waals surface area contributed by atoms with Gasteiger partial charge in [0, 0.05) is 18.5 Å². The molecule has 4 aromatic heterocycles. The number of hydrogen-bond acceptors (Lipinski definition) is 10. The number of H-pyrrole nitrogens is 2. The van der Waals surface area contributed by atoms with Gasteiger partial charge in [-0.25, -0.2) is 29.5 Å². The van der Waals surface area contributed by atoms with Gasteiger partial charge < -0.3 is 44.7 Å². The third-order valence-corrected chi connectivity index (χ3v) is 10.9. The molecule has 5 N–H and O–H groups in total. The maximum Gasteiger partial charge on any atom is 0.407 e. The summed E-state index contributed by atoms with van der Waals surface area (Å²) in [6, 6.07) is 9.05. The van der Waals surface area contributed by atoms with E-state index in [1.165, 1.54) is 7.11 Å². The number of aromatic nitrogens is 6. The SMILES string of the molecule is COC(=O)N[C@H](C(=O)N1CCC[C@H]1c1nc2ccc3nc(-c4ccc5c(ccc6nc([C@@H]7CCCN7C(=O)[C@@H](NC(=O)O)C(C)C)[nH]c65)n4)oc3c2[nH]1)C(C)C. The van der Waals surface area contributed by atoms with Gasteiger partial charge in [0.05, 0.1) is 41.3 Å². The second kappa shape index (κ2) is 14.4. The summed E-state index contributed by atoms with van der Waals surface area (Å²) in [6.07, 6.45) is 1.11. The van der Waals surface area contributed by atoms with E-state index in [-0.39, 0.29) is 35.7 Å². The van der Waals surface area contributed by atoms with Gasteiger partial charge in [0.2, 0.25) is 17.7 Å². The van der Waals surface area contributed by atoms with Gasteiger partial charge in [0.1, 0.15) is 40.5 Å². The Morgan fingerprint density at radius 3 is 1.89 bits per heavy atom. The molecule has 8 rings (SSSR count). The van der Waals surface area contributed by atoms with Crippen LogP contribution < -0.4 is 10.6 Å². The summed E-state index contributed by atoms with van der Waals surface area (Å²) in [5, 5.41) is 15.3. The number of oxazole rings is 1. The number of carbonyl (C=O) groups is 4. The number of alkyl carbamates (subject to hydrolysis) is 1. The molecule has 2 saturated heterocycles. The number of fused-ring (bicyclic) bond motifs is 6. The zero-order valence-electron chi connectivity index (χ0n) is 31.8. The summed E-state index contributed by atoms with van der Waals surface area (Å²) in [6.45, 7) is 8.45. The number of nitrogens with zero attached hydrogens (tertiary/aromatic N) is 6. The summed E-state index contributed by atoms with van der Waals surface area (Å²) in [7, 11) is 1.27. The van der Waals surface area contributed by atoms with E-state index in [0.29, 0.717) is 76.8 Å². The molecule has 17 heteroatoms. The molecule has 0 unspecified atom stereocenters. The molecular weight excluding hydrogens is 720 g/mol. The van der Waals surface area contributed by atoms with Crippen LogP contribution in [0.5, 0.6) is 0 Å². The van der Waals surface area contributed by atoms with Gasteiger partial charge in [-0.15, -0.1) is 0 Å². The van der Waals surface area contributed by atoms with Crippen molar-refractivity contribution in [3.63, 3.8) is 0 Å². The Labute approximate surface area is 320 Å². The van der Waals surface area contributed by atoms with Gasteiger partial charge in [0.15, 0.2) is 5.58 Å². The fourth-order valence-electron chi connectivity index (χ4n) is 8.06. The molecule has 4 amide bonds. The van der Waals surface area contributed by atoms with Crippen molar-refractivity contribution >= 4 is 68.1 Å². The molecule has 0 radical (unpaired) electrons. The number of hydrogen-bond donors (Lipinski definition) is 5. The number of amides is 4. The summed E-state index contributed by atoms with van der Waals surface area (Å²) in [5.74, 6) is 0.792. The number of methoxy groups -OCH3 is 1. The standard InChI is InChI=1S/C39H44N10O7/c1-18(2)28(46-38(52)53)36(50)48-16-6-8-26(48)33-41-22-13-12-21-20(30(22)44-33)10-11-25(40-21)35-43-24-15-14-23-31(32(24)56-35)45-34(42-23)27-9-7-17-49(27)37(51)29(19(3)4)47-39(54)55-5/h10-15,18-19,26-29,46H,6-9,16-17H2,1-5H3,(H,41,44)(H,42,45)(H,47,54)(H,52,53)/t26-,27-,28-,29-/m0/s1. The lowest BCUT2D eigenvalue weighted by Gasteiger charge is -2.29. The highest BCUT2D eigenvalue weighted by Gasteiger charge is 2.39. The van der Waals surface area contributed by atoms with Crippen LogP contribution in [-0.4, -0.2) is 101 Å². The number of aromatic amines is 2. The van der Waals surface area contributed by atoms with Crippen molar-refractivity contribution in [1.82, 2.24) is 50.3 Å². The molecule has 6 heterocycles. The number of carboxylic acid groups (broad SMARTS) is 1. The highest BCUT2D eigenvalue weighted by Crippen LogP contribution is 2.37. The second-order valence-electron chi connectivity index (χ2n) is 15.2. The number of ether oxygens (including phenoxy) is 1. The molecule has 2 fully saturated rings. The first-order chi connectivity index (χ1) is 26.9. The van der Waals surface area contributed by atoms with Crippen LogP contribution in [0.25, 0.3) is 55.7 Å². The van der Waals surface area contributed by atoms with Crippen LogP contribution in [0.3, 0.4) is 0 Å². The quantitative estimate of drug-likeness (QED) is 0.118. The van der Waals surface area contributed by atoms with Crippen molar-refractivity contribution < 1.29 is 33.4 Å². The number of nitrogens with one attached hydrogen (secondary N) is 4. The van der Waals surface area contributed by atoms with Gasteiger partial charge in [-0.05, 0) is 73.9 Å². The lowest BCUT2D eigenvalue weighted by atomic mass is 10.0. The predicted octanol–water partition coefficient (Wildman–Crippen LogP) is 5.80. The topological polar surface area (TPSA) is 225 Å². The van der Waals surface area contributed by atoms with E-state index in [0.717, 1.165) is 29.3 Å². The molecule has 0 bridgehead atoms. The molecule has 292 valence electrons. The average molecular weight is 765 g/mol. The smallest absolute Gasteiger partial charge is 0.407 e. The minimum absolute atomic E-state index is 0.147. The highest BCUT2D eigenvalue weighted by atomic mass is 16.5. The minimum Gasteiger partial charge on any atom is -0.465 e. The van der Waals surface area contributed by atoms with Crippen LogP contribution in [0.2, 0.25) is 0 Å². The monoisotopic (exact) mass is 764 g/mol. The largest absolute Gasteiger partial charge is 0.465 e. The van der Waals surface area contributed by atoms with Crippen LogP contribution in [-0.2, 0) is 14.3 Å². The molecular formula is C39H44N10O7. The van der Waals surface area contributed by atoms with E-state index in [9.17, 15) is 24.3 Å². The predicted molar refractivity (Wildman–Crippen MR) is 205 cm³/mol. The highest BCUT2D eigenvalue weighted by molar-refractivity contribution is 6.04. The van der Waals surface area contributed by atoms with E-state index >= 15 is 0 Å². The maximum atomic E-state index is 13.7. The van der Waals surface area contributed by atoms with Crippen molar-refractivity contribution in [3.8, 4) is 11.6 Å². The molecule has 0 spiro atoms. The van der Waals surface area contributed by atoms with Crippen molar-refractivity contribution in [2.75, 3.05) is 20.2 Å². The van der Waals surface area contributed by atoms with Crippen LogP contribution in [0.4, 0.5) is 9.59 Å². The molecule has 4 atom stereocenters. The Balaban J connectivity index is 1.07. The van der Waals surface area contributed by atoms with E-state index < -0.39 is 24.3 Å². The lowest BCUT2D eigenvalue weighted by molar-refractivity contribution is -0.136. The number of pyridine rings is 1. The fraction of sp³-hybridized carbons (Fsp3) is 0.436. The number of carbonyl (C=O) groups excluding carboxylic acids is 3. The number of rotatable bonds is 9. The molecule has 2 aromatic carbocycles. The van der Waals surface area contributed by atoms with Crippen molar-refractivity contribution in [1.29, 1.82) is 0 Å².